The summed E-state index contributed by atoms with van der Waals surface area (Å²) in [6.45, 7) is -0.267. The van der Waals surface area contributed by atoms with Crippen molar-refractivity contribution in [3.8, 4) is 0 Å². The lowest BCUT2D eigenvalue weighted by Gasteiger charge is -2.03. The minimum atomic E-state index is -2.14. The first-order valence-corrected chi connectivity index (χ1v) is 7.37. The summed E-state index contributed by atoms with van der Waals surface area (Å²) in [7, 11) is -2.14. The Balaban J connectivity index is 2.20. The van der Waals surface area contributed by atoms with E-state index in [1.165, 1.54) is 0 Å². The molecule has 1 rings (SSSR count). The van der Waals surface area contributed by atoms with Gasteiger partial charge >= 0.3 is 14.0 Å². The summed E-state index contributed by atoms with van der Waals surface area (Å²) in [5.41, 5.74) is 0.507. The summed E-state index contributed by atoms with van der Waals surface area (Å²) in [5, 5.41) is 0. The Morgan fingerprint density at radius 3 is 2.47 bits per heavy atom. The molecular weight excluding hydrogens is 267 g/mol. The standard InChI is InChI=1S/C13H15O5P/c14-12(11-6-2-1-3-7-11)10-18-13(15)8-4-5-9-19(16)17/h1-3,6-7H,4-5,8-10H2/p+1. The molecule has 0 aliphatic heterocycles. The highest BCUT2D eigenvalue weighted by molar-refractivity contribution is 7.37. The van der Waals surface area contributed by atoms with E-state index in [0.29, 0.717) is 18.4 Å². The van der Waals surface area contributed by atoms with Crippen molar-refractivity contribution >= 4 is 19.8 Å². The average molecular weight is 283 g/mol. The third-order valence-electron chi connectivity index (χ3n) is 2.44. The van der Waals surface area contributed by atoms with Gasteiger partial charge in [-0.1, -0.05) is 30.3 Å². The number of benzene rings is 1. The first kappa shape index (κ1) is 15.5. The van der Waals surface area contributed by atoms with Crippen LogP contribution < -0.4 is 0 Å². The van der Waals surface area contributed by atoms with Gasteiger partial charge in [-0.25, -0.2) is 0 Å². The van der Waals surface area contributed by atoms with Gasteiger partial charge in [0.2, 0.25) is 0 Å². The molecule has 0 aliphatic carbocycles. The van der Waals surface area contributed by atoms with Crippen LogP contribution in [0, 0.1) is 0 Å². The molecule has 1 aromatic rings. The molecule has 0 heterocycles. The van der Waals surface area contributed by atoms with Crippen LogP contribution in [0.1, 0.15) is 29.6 Å². The number of unbranched alkanes of at least 4 members (excludes halogenated alkanes) is 1. The van der Waals surface area contributed by atoms with Crippen LogP contribution >= 0.6 is 8.03 Å². The molecule has 0 aromatic heterocycles. The summed E-state index contributed by atoms with van der Waals surface area (Å²) >= 11 is 0. The van der Waals surface area contributed by atoms with Crippen LogP contribution in [0.15, 0.2) is 30.3 Å². The molecule has 0 amide bonds. The summed E-state index contributed by atoms with van der Waals surface area (Å²) in [6, 6.07) is 8.60. The predicted molar refractivity (Wildman–Crippen MR) is 70.3 cm³/mol. The SMILES string of the molecule is O=C(CCCC[P+](=O)O)OCC(=O)c1ccccc1. The second kappa shape index (κ2) is 8.51. The Morgan fingerprint density at radius 1 is 1.16 bits per heavy atom. The fourth-order valence-electron chi connectivity index (χ4n) is 1.44. The smallest absolute Gasteiger partial charge is 0.457 e. The highest BCUT2D eigenvalue weighted by atomic mass is 31.1. The maximum atomic E-state index is 11.6. The molecule has 0 bridgehead atoms. The van der Waals surface area contributed by atoms with Crippen LogP contribution in [0.3, 0.4) is 0 Å². The van der Waals surface area contributed by atoms with Gasteiger partial charge in [0.25, 0.3) is 0 Å². The van der Waals surface area contributed by atoms with E-state index in [0.717, 1.165) is 0 Å². The molecule has 6 heteroatoms. The molecule has 1 unspecified atom stereocenters. The van der Waals surface area contributed by atoms with E-state index in [-0.39, 0.29) is 25.0 Å². The Kier molecular flexibility index (Phi) is 6.93. The highest BCUT2D eigenvalue weighted by Crippen LogP contribution is 2.15. The van der Waals surface area contributed by atoms with E-state index in [4.69, 9.17) is 9.63 Å². The summed E-state index contributed by atoms with van der Waals surface area (Å²) < 4.78 is 15.2. The van der Waals surface area contributed by atoms with Crippen molar-refractivity contribution in [3.05, 3.63) is 35.9 Å². The third-order valence-corrected chi connectivity index (χ3v) is 3.14. The molecule has 1 atom stereocenters. The van der Waals surface area contributed by atoms with Gasteiger partial charge in [0, 0.05) is 12.0 Å². The molecule has 19 heavy (non-hydrogen) atoms. The van der Waals surface area contributed by atoms with Gasteiger partial charge in [-0.2, -0.15) is 4.89 Å². The summed E-state index contributed by atoms with van der Waals surface area (Å²) in [4.78, 5) is 31.5. The molecule has 0 aliphatic rings. The Hall–Kier alpha value is -1.58. The Bertz CT molecular complexity index is 444. The topological polar surface area (TPSA) is 80.7 Å². The van der Waals surface area contributed by atoms with E-state index < -0.39 is 14.0 Å². The average Bonchev–Trinajstić information content (AvgIpc) is 2.41. The number of carbonyl (C=O) groups is 2. The van der Waals surface area contributed by atoms with Crippen molar-refractivity contribution in [2.45, 2.75) is 19.3 Å². The van der Waals surface area contributed by atoms with Gasteiger partial charge < -0.3 is 4.74 Å². The van der Waals surface area contributed by atoms with Crippen LogP contribution in [0.5, 0.6) is 0 Å². The Labute approximate surface area is 112 Å². The number of rotatable bonds is 8. The molecule has 0 radical (unpaired) electrons. The van der Waals surface area contributed by atoms with E-state index in [1.54, 1.807) is 30.3 Å². The largest absolute Gasteiger partial charge is 0.505 e. The van der Waals surface area contributed by atoms with Gasteiger partial charge in [-0.05, 0) is 17.4 Å². The van der Waals surface area contributed by atoms with Crippen LogP contribution in [0.4, 0.5) is 0 Å². The monoisotopic (exact) mass is 283 g/mol. The van der Waals surface area contributed by atoms with Crippen molar-refractivity contribution in [1.82, 2.24) is 0 Å². The lowest BCUT2D eigenvalue weighted by Crippen LogP contribution is -2.13. The number of esters is 1. The van der Waals surface area contributed by atoms with Crippen LogP contribution in [0.2, 0.25) is 0 Å². The van der Waals surface area contributed by atoms with Crippen LogP contribution in [-0.4, -0.2) is 29.4 Å². The van der Waals surface area contributed by atoms with Gasteiger partial charge in [0.15, 0.2) is 18.6 Å². The zero-order chi connectivity index (χ0) is 14.1. The first-order valence-electron chi connectivity index (χ1n) is 5.97. The number of hydrogen-bond acceptors (Lipinski definition) is 4. The zero-order valence-corrected chi connectivity index (χ0v) is 11.3. The molecule has 0 saturated carbocycles. The van der Waals surface area contributed by atoms with E-state index in [1.807, 2.05) is 0 Å². The summed E-state index contributed by atoms with van der Waals surface area (Å²) in [6.07, 6.45) is 1.32. The fraction of sp³-hybridized carbons (Fsp3) is 0.385. The zero-order valence-electron chi connectivity index (χ0n) is 10.4. The maximum Gasteiger partial charge on any atom is 0.505 e. The lowest BCUT2D eigenvalue weighted by atomic mass is 10.1. The predicted octanol–water partition coefficient (Wildman–Crippen LogP) is 2.32. The number of ketones is 1. The first-order chi connectivity index (χ1) is 9.09. The number of carbonyl (C=O) groups excluding carboxylic acids is 2. The van der Waals surface area contributed by atoms with Crippen molar-refractivity contribution < 1.29 is 23.8 Å². The number of Topliss-reactive ketones (excluding diaryl/α,β-unsaturated/α-hetero) is 1. The normalized spacial score (nSPS) is 10.9. The molecule has 1 N–H and O–H groups in total. The molecule has 5 nitrogen and oxygen atoms in total. The third kappa shape index (κ3) is 6.79. The van der Waals surface area contributed by atoms with Crippen molar-refractivity contribution in [2.75, 3.05) is 12.8 Å². The van der Waals surface area contributed by atoms with Gasteiger partial charge in [-0.3, -0.25) is 9.59 Å². The lowest BCUT2D eigenvalue weighted by molar-refractivity contribution is -0.142. The van der Waals surface area contributed by atoms with Gasteiger partial charge in [0.05, 0.1) is 0 Å². The van der Waals surface area contributed by atoms with Gasteiger partial charge in [-0.15, -0.1) is 0 Å². The molecular formula is C13H16O5P+. The molecule has 102 valence electrons. The van der Waals surface area contributed by atoms with E-state index >= 15 is 0 Å². The van der Waals surface area contributed by atoms with E-state index in [9.17, 15) is 14.2 Å². The van der Waals surface area contributed by atoms with Crippen molar-refractivity contribution in [3.63, 3.8) is 0 Å². The molecule has 0 fully saturated rings. The number of ether oxygens (including phenoxy) is 1. The Morgan fingerprint density at radius 2 is 1.84 bits per heavy atom. The second-order valence-corrected chi connectivity index (χ2v) is 5.13. The van der Waals surface area contributed by atoms with Crippen molar-refractivity contribution in [1.29, 1.82) is 0 Å². The molecule has 0 saturated heterocycles. The quantitative estimate of drug-likeness (QED) is 0.343. The fourth-order valence-corrected chi connectivity index (χ4v) is 1.94. The highest BCUT2D eigenvalue weighted by Gasteiger charge is 2.12. The molecule has 0 spiro atoms. The van der Waals surface area contributed by atoms with Crippen molar-refractivity contribution in [2.24, 2.45) is 0 Å². The van der Waals surface area contributed by atoms with Gasteiger partial charge in [0.1, 0.15) is 0 Å². The summed E-state index contributed by atoms with van der Waals surface area (Å²) in [5.74, 6) is -0.704. The maximum absolute atomic E-state index is 11.6. The van der Waals surface area contributed by atoms with Crippen LogP contribution in [-0.2, 0) is 14.1 Å². The molecule has 1 aromatic carbocycles. The van der Waals surface area contributed by atoms with Crippen LogP contribution in [0.25, 0.3) is 0 Å². The number of hydrogen-bond donors (Lipinski definition) is 1. The second-order valence-electron chi connectivity index (χ2n) is 3.98. The van der Waals surface area contributed by atoms with E-state index in [2.05, 4.69) is 0 Å². The minimum Gasteiger partial charge on any atom is -0.457 e. The minimum absolute atomic E-state index is 0.158.